The van der Waals surface area contributed by atoms with Crippen LogP contribution in [0.4, 0.5) is 0 Å². The van der Waals surface area contributed by atoms with Gasteiger partial charge in [-0.1, -0.05) is 56.6 Å². The van der Waals surface area contributed by atoms with Crippen molar-refractivity contribution in [3.8, 4) is 5.75 Å². The Morgan fingerprint density at radius 1 is 1.03 bits per heavy atom. The van der Waals surface area contributed by atoms with E-state index in [1.54, 1.807) is 30.3 Å². The van der Waals surface area contributed by atoms with Crippen molar-refractivity contribution in [3.05, 3.63) is 64.8 Å². The first-order valence-corrected chi connectivity index (χ1v) is 11.1. The van der Waals surface area contributed by atoms with Gasteiger partial charge in [-0.05, 0) is 41.6 Å². The van der Waals surface area contributed by atoms with Crippen LogP contribution in [0.5, 0.6) is 5.75 Å². The molecule has 0 aliphatic carbocycles. The van der Waals surface area contributed by atoms with Crippen molar-refractivity contribution in [2.45, 2.75) is 37.6 Å². The maximum Gasteiger partial charge on any atom is 0.260 e. The fraction of sp³-hybridized carbons (Fsp3) is 0.286. The maximum absolute atomic E-state index is 13.2. The summed E-state index contributed by atoms with van der Waals surface area (Å²) in [5.74, 6) is 0.176. The molecule has 3 aromatic rings. The number of aromatic nitrogens is 1. The molecule has 29 heavy (non-hydrogen) atoms. The number of halogens is 2. The summed E-state index contributed by atoms with van der Waals surface area (Å²) in [7, 11) is -2.60. The summed E-state index contributed by atoms with van der Waals surface area (Å²) >= 11 is 12.1. The zero-order valence-electron chi connectivity index (χ0n) is 16.6. The third-order valence-corrected chi connectivity index (χ3v) is 6.96. The topological polar surface area (TPSA) is 59.5 Å². The van der Waals surface area contributed by atoms with E-state index >= 15 is 0 Å². The SMILES string of the molecule is COc1c(S(=O)(=O)N(Cl)Cc2ccc(Cl)cc2)ccc2ccc(C(C)(C)C)nc12. The lowest BCUT2D eigenvalue weighted by molar-refractivity contribution is 0.405. The van der Waals surface area contributed by atoms with Crippen LogP contribution < -0.4 is 4.74 Å². The zero-order chi connectivity index (χ0) is 21.4. The molecule has 0 amide bonds. The van der Waals surface area contributed by atoms with Gasteiger partial charge in [-0.3, -0.25) is 0 Å². The molecule has 2 aromatic carbocycles. The first-order chi connectivity index (χ1) is 13.5. The van der Waals surface area contributed by atoms with E-state index in [4.69, 9.17) is 28.1 Å². The van der Waals surface area contributed by atoms with E-state index in [9.17, 15) is 8.42 Å². The van der Waals surface area contributed by atoms with Crippen molar-refractivity contribution in [2.75, 3.05) is 7.11 Å². The monoisotopic (exact) mass is 452 g/mol. The molecule has 0 atom stereocenters. The fourth-order valence-corrected chi connectivity index (χ4v) is 4.56. The van der Waals surface area contributed by atoms with E-state index in [0.717, 1.165) is 14.9 Å². The minimum Gasteiger partial charge on any atom is -0.493 e. The molecule has 0 fully saturated rings. The van der Waals surface area contributed by atoms with Gasteiger partial charge in [0.1, 0.15) is 10.4 Å². The highest BCUT2D eigenvalue weighted by Crippen LogP contribution is 2.36. The lowest BCUT2D eigenvalue weighted by Crippen LogP contribution is -2.22. The van der Waals surface area contributed by atoms with Crippen LogP contribution in [0.3, 0.4) is 0 Å². The van der Waals surface area contributed by atoms with Gasteiger partial charge >= 0.3 is 0 Å². The highest BCUT2D eigenvalue weighted by molar-refractivity contribution is 7.90. The molecule has 3 rings (SSSR count). The van der Waals surface area contributed by atoms with E-state index in [0.29, 0.717) is 16.1 Å². The van der Waals surface area contributed by atoms with Gasteiger partial charge in [0, 0.05) is 21.5 Å². The molecule has 0 unspecified atom stereocenters. The molecular formula is C21H22Cl2N2O3S. The van der Waals surface area contributed by atoms with Crippen LogP contribution in [0.1, 0.15) is 32.0 Å². The van der Waals surface area contributed by atoms with Crippen molar-refractivity contribution < 1.29 is 13.2 Å². The third kappa shape index (κ3) is 4.51. The molecule has 0 spiro atoms. The highest BCUT2D eigenvalue weighted by Gasteiger charge is 2.29. The fourth-order valence-electron chi connectivity index (χ4n) is 2.89. The number of fused-ring (bicyclic) bond motifs is 1. The number of pyridine rings is 1. The average Bonchev–Trinajstić information content (AvgIpc) is 2.67. The van der Waals surface area contributed by atoms with Crippen LogP contribution in [0, 0.1) is 0 Å². The standard InChI is InChI=1S/C21H22Cl2N2O3S/c1-21(2,3)18-12-8-15-7-11-17(20(28-4)19(15)24-18)29(26,27)25(23)13-14-5-9-16(22)10-6-14/h5-12H,13H2,1-4H3. The number of nitrogens with zero attached hydrogens (tertiary/aromatic N) is 2. The number of benzene rings is 2. The van der Waals surface area contributed by atoms with Crippen LogP contribution in [0.15, 0.2) is 53.4 Å². The Morgan fingerprint density at radius 2 is 1.66 bits per heavy atom. The number of sulfonamides is 1. The Bertz CT molecular complexity index is 1140. The molecule has 0 aliphatic heterocycles. The maximum atomic E-state index is 13.2. The molecule has 0 saturated heterocycles. The molecule has 1 aromatic heterocycles. The Morgan fingerprint density at radius 3 is 2.24 bits per heavy atom. The summed E-state index contributed by atoms with van der Waals surface area (Å²) in [5.41, 5.74) is 1.83. The summed E-state index contributed by atoms with van der Waals surface area (Å²) < 4.78 is 32.6. The summed E-state index contributed by atoms with van der Waals surface area (Å²) in [6, 6.07) is 13.9. The molecule has 5 nitrogen and oxygen atoms in total. The highest BCUT2D eigenvalue weighted by atomic mass is 35.5. The van der Waals surface area contributed by atoms with Crippen molar-refractivity contribution in [2.24, 2.45) is 0 Å². The predicted octanol–water partition coefficient (Wildman–Crippen LogP) is 5.54. The number of hydrogen-bond donors (Lipinski definition) is 0. The Hall–Kier alpha value is -1.86. The molecule has 1 heterocycles. The molecule has 8 heteroatoms. The quantitative estimate of drug-likeness (QED) is 0.476. The first-order valence-electron chi connectivity index (χ1n) is 8.95. The van der Waals surface area contributed by atoms with Gasteiger partial charge < -0.3 is 4.74 Å². The van der Waals surface area contributed by atoms with Crippen molar-refractivity contribution in [1.82, 2.24) is 8.81 Å². The number of hydrogen-bond acceptors (Lipinski definition) is 4. The number of rotatable bonds is 5. The summed E-state index contributed by atoms with van der Waals surface area (Å²) in [6.45, 7) is 6.11. The lowest BCUT2D eigenvalue weighted by atomic mass is 9.91. The van der Waals surface area contributed by atoms with Gasteiger partial charge in [0.2, 0.25) is 0 Å². The lowest BCUT2D eigenvalue weighted by Gasteiger charge is -2.20. The average molecular weight is 453 g/mol. The molecular weight excluding hydrogens is 431 g/mol. The van der Waals surface area contributed by atoms with Crippen molar-refractivity contribution in [1.29, 1.82) is 0 Å². The Kier molecular flexibility index (Phi) is 6.11. The van der Waals surface area contributed by atoms with Gasteiger partial charge in [0.25, 0.3) is 10.0 Å². The van der Waals surface area contributed by atoms with Crippen LogP contribution in [0.25, 0.3) is 10.9 Å². The summed E-state index contributed by atoms with van der Waals surface area (Å²) in [5, 5.41) is 1.35. The number of methoxy groups -OCH3 is 1. The smallest absolute Gasteiger partial charge is 0.260 e. The van der Waals surface area contributed by atoms with E-state index in [1.165, 1.54) is 13.2 Å². The second-order valence-corrected chi connectivity index (χ2v) is 10.6. The van der Waals surface area contributed by atoms with Gasteiger partial charge in [0.05, 0.1) is 13.7 Å². The van der Waals surface area contributed by atoms with Crippen molar-refractivity contribution >= 4 is 44.3 Å². The largest absolute Gasteiger partial charge is 0.493 e. The van der Waals surface area contributed by atoms with E-state index in [2.05, 4.69) is 4.98 Å². The van der Waals surface area contributed by atoms with Crippen LogP contribution in [0.2, 0.25) is 5.02 Å². The molecule has 0 N–H and O–H groups in total. The van der Waals surface area contributed by atoms with Crippen LogP contribution in [-0.2, 0) is 22.0 Å². The third-order valence-electron chi connectivity index (χ3n) is 4.51. The van der Waals surface area contributed by atoms with E-state index in [1.807, 2.05) is 32.9 Å². The molecule has 0 aliphatic rings. The van der Waals surface area contributed by atoms with Crippen molar-refractivity contribution in [3.63, 3.8) is 0 Å². The van der Waals surface area contributed by atoms with Gasteiger partial charge in [0.15, 0.2) is 5.75 Å². The Balaban J connectivity index is 2.07. The van der Waals surface area contributed by atoms with Gasteiger partial charge in [-0.2, -0.15) is 0 Å². The normalized spacial score (nSPS) is 12.5. The summed E-state index contributed by atoms with van der Waals surface area (Å²) in [6.07, 6.45) is 0. The van der Waals surface area contributed by atoms with Gasteiger partial charge in [-0.25, -0.2) is 13.4 Å². The molecule has 0 radical (unpaired) electrons. The molecule has 154 valence electrons. The second kappa shape index (κ2) is 8.11. The molecule has 0 saturated carbocycles. The van der Waals surface area contributed by atoms with Crippen LogP contribution >= 0.6 is 23.4 Å². The minimum atomic E-state index is -4.03. The van der Waals surface area contributed by atoms with E-state index in [-0.39, 0.29) is 22.6 Å². The number of ether oxygens (including phenoxy) is 1. The van der Waals surface area contributed by atoms with Gasteiger partial charge in [-0.15, -0.1) is 3.82 Å². The summed E-state index contributed by atoms with van der Waals surface area (Å²) in [4.78, 5) is 4.65. The molecule has 0 bridgehead atoms. The Labute approximate surface area is 181 Å². The predicted molar refractivity (Wildman–Crippen MR) is 117 cm³/mol. The zero-order valence-corrected chi connectivity index (χ0v) is 18.9. The van der Waals surface area contributed by atoms with Crippen LogP contribution in [-0.4, -0.2) is 24.3 Å². The minimum absolute atomic E-state index is 0.0162. The first kappa shape index (κ1) is 21.8. The van der Waals surface area contributed by atoms with E-state index < -0.39 is 10.0 Å². The second-order valence-electron chi connectivity index (χ2n) is 7.69.